The van der Waals surface area contributed by atoms with Crippen molar-refractivity contribution < 1.29 is 17.9 Å². The lowest BCUT2D eigenvalue weighted by Gasteiger charge is -2.43. The molecule has 3 heterocycles. The number of nitrogens with zero attached hydrogens (tertiary/aromatic N) is 4. The molecule has 0 radical (unpaired) electrons. The van der Waals surface area contributed by atoms with E-state index in [2.05, 4.69) is 40.7 Å². The Kier molecular flexibility index (Phi) is 7.36. The highest BCUT2D eigenvalue weighted by molar-refractivity contribution is 5.72. The molecule has 2 aliphatic rings. The van der Waals surface area contributed by atoms with E-state index in [1.54, 1.807) is 6.07 Å². The number of hydrogen-bond acceptors (Lipinski definition) is 5. The van der Waals surface area contributed by atoms with Crippen LogP contribution in [0.25, 0.3) is 11.3 Å². The number of piperidine rings is 1. The van der Waals surface area contributed by atoms with Crippen molar-refractivity contribution in [2.75, 3.05) is 25.0 Å². The van der Waals surface area contributed by atoms with Crippen molar-refractivity contribution in [3.05, 3.63) is 70.9 Å². The first-order valence-corrected chi connectivity index (χ1v) is 14.0. The fourth-order valence-electron chi connectivity index (χ4n) is 5.96. The van der Waals surface area contributed by atoms with Gasteiger partial charge in [0.15, 0.2) is 17.4 Å². The van der Waals surface area contributed by atoms with Crippen molar-refractivity contribution in [1.29, 1.82) is 0 Å². The Labute approximate surface area is 235 Å². The van der Waals surface area contributed by atoms with E-state index < -0.39 is 17.2 Å². The standard InChI is InChI=1S/C32H39F3N4O/c1-19(2)39-18-32(5,6)40-30-25(34)14-22(15-27(30)39)29-26(35)17-36-28(37-29)13-20-8-9-23(24(33)12-20)21-10-11-38(7)31(3,4)16-21/h8-9,12,14-15,17,19,21H,10-11,13,16,18H2,1-7H3. The summed E-state index contributed by atoms with van der Waals surface area (Å²) in [7, 11) is 2.11. The first kappa shape index (κ1) is 28.4. The topological polar surface area (TPSA) is 41.5 Å². The summed E-state index contributed by atoms with van der Waals surface area (Å²) >= 11 is 0. The number of ether oxygens (including phenoxy) is 1. The lowest BCUT2D eigenvalue weighted by atomic mass is 9.79. The number of benzene rings is 2. The van der Waals surface area contributed by atoms with Crippen molar-refractivity contribution in [1.82, 2.24) is 14.9 Å². The summed E-state index contributed by atoms with van der Waals surface area (Å²) in [5.74, 6) is -0.804. The Morgan fingerprint density at radius 3 is 2.45 bits per heavy atom. The molecule has 0 amide bonds. The molecule has 2 aromatic carbocycles. The van der Waals surface area contributed by atoms with Crippen LogP contribution in [0.2, 0.25) is 0 Å². The molecule has 0 spiro atoms. The zero-order valence-electron chi connectivity index (χ0n) is 24.5. The molecule has 0 aliphatic carbocycles. The van der Waals surface area contributed by atoms with Gasteiger partial charge in [0, 0.05) is 23.6 Å². The summed E-state index contributed by atoms with van der Waals surface area (Å²) in [6.07, 6.45) is 3.12. The summed E-state index contributed by atoms with van der Waals surface area (Å²) < 4.78 is 51.6. The first-order valence-electron chi connectivity index (χ1n) is 14.0. The van der Waals surface area contributed by atoms with Gasteiger partial charge in [-0.1, -0.05) is 12.1 Å². The fraction of sp³-hybridized carbons (Fsp3) is 0.500. The highest BCUT2D eigenvalue weighted by atomic mass is 19.1. The van der Waals surface area contributed by atoms with Crippen molar-refractivity contribution in [3.8, 4) is 17.0 Å². The number of aromatic nitrogens is 2. The third-order valence-corrected chi connectivity index (χ3v) is 8.41. The van der Waals surface area contributed by atoms with Crippen LogP contribution in [0.5, 0.6) is 5.75 Å². The minimum atomic E-state index is -0.650. The van der Waals surface area contributed by atoms with Crippen LogP contribution in [0.3, 0.4) is 0 Å². The number of hydrogen-bond donors (Lipinski definition) is 0. The summed E-state index contributed by atoms with van der Waals surface area (Å²) in [5.41, 5.74) is 1.75. The van der Waals surface area contributed by atoms with E-state index >= 15 is 8.78 Å². The van der Waals surface area contributed by atoms with Gasteiger partial charge in [-0.3, -0.25) is 0 Å². The van der Waals surface area contributed by atoms with E-state index in [9.17, 15) is 4.39 Å². The van der Waals surface area contributed by atoms with Gasteiger partial charge >= 0.3 is 0 Å². The second-order valence-corrected chi connectivity index (χ2v) is 12.8. The maximum absolute atomic E-state index is 15.3. The molecule has 0 bridgehead atoms. The Bertz CT molecular complexity index is 1420. The van der Waals surface area contributed by atoms with Crippen molar-refractivity contribution in [2.24, 2.45) is 0 Å². The molecule has 3 aromatic rings. The maximum Gasteiger partial charge on any atom is 0.179 e. The minimum Gasteiger partial charge on any atom is -0.481 e. The lowest BCUT2D eigenvalue weighted by molar-refractivity contribution is 0.0933. The largest absolute Gasteiger partial charge is 0.481 e. The molecule has 5 rings (SSSR count). The molecule has 0 N–H and O–H groups in total. The molecule has 1 fully saturated rings. The molecular formula is C32H39F3N4O. The Morgan fingerprint density at radius 2 is 1.77 bits per heavy atom. The van der Waals surface area contributed by atoms with Crippen molar-refractivity contribution in [3.63, 3.8) is 0 Å². The van der Waals surface area contributed by atoms with E-state index in [-0.39, 0.29) is 41.2 Å². The summed E-state index contributed by atoms with van der Waals surface area (Å²) in [5, 5.41) is 0. The third-order valence-electron chi connectivity index (χ3n) is 8.41. The minimum absolute atomic E-state index is 0.00545. The lowest BCUT2D eigenvalue weighted by Crippen LogP contribution is -2.49. The van der Waals surface area contributed by atoms with Crippen LogP contribution >= 0.6 is 0 Å². The van der Waals surface area contributed by atoms with Gasteiger partial charge in [0.1, 0.15) is 22.9 Å². The maximum atomic E-state index is 15.3. The van der Waals surface area contributed by atoms with Gasteiger partial charge in [0.05, 0.1) is 18.4 Å². The van der Waals surface area contributed by atoms with E-state index in [0.717, 1.165) is 31.1 Å². The van der Waals surface area contributed by atoms with Gasteiger partial charge in [-0.2, -0.15) is 0 Å². The van der Waals surface area contributed by atoms with Gasteiger partial charge in [0.25, 0.3) is 0 Å². The molecule has 40 heavy (non-hydrogen) atoms. The number of anilines is 1. The quantitative estimate of drug-likeness (QED) is 0.337. The molecule has 1 unspecified atom stereocenters. The van der Waals surface area contributed by atoms with Gasteiger partial charge in [-0.05, 0) is 103 Å². The Balaban J connectivity index is 1.42. The monoisotopic (exact) mass is 552 g/mol. The molecule has 8 heteroatoms. The summed E-state index contributed by atoms with van der Waals surface area (Å²) in [4.78, 5) is 13.0. The van der Waals surface area contributed by atoms with Crippen LogP contribution in [-0.2, 0) is 6.42 Å². The van der Waals surface area contributed by atoms with Gasteiger partial charge in [-0.15, -0.1) is 0 Å². The predicted octanol–water partition coefficient (Wildman–Crippen LogP) is 7.13. The molecule has 1 atom stereocenters. The molecule has 2 aliphatic heterocycles. The zero-order valence-corrected chi connectivity index (χ0v) is 24.5. The number of halogens is 3. The van der Waals surface area contributed by atoms with Crippen LogP contribution in [0.4, 0.5) is 18.9 Å². The molecule has 0 saturated carbocycles. The smallest absolute Gasteiger partial charge is 0.179 e. The molecule has 5 nitrogen and oxygen atoms in total. The highest BCUT2D eigenvalue weighted by Gasteiger charge is 2.36. The van der Waals surface area contributed by atoms with E-state index in [1.807, 2.05) is 39.8 Å². The summed E-state index contributed by atoms with van der Waals surface area (Å²) in [6, 6.07) is 8.36. The number of fused-ring (bicyclic) bond motifs is 1. The molecule has 1 aromatic heterocycles. The Morgan fingerprint density at radius 1 is 1.02 bits per heavy atom. The normalized spacial score (nSPS) is 20.4. The first-order chi connectivity index (χ1) is 18.7. The van der Waals surface area contributed by atoms with Crippen molar-refractivity contribution >= 4 is 5.69 Å². The van der Waals surface area contributed by atoms with Crippen LogP contribution in [-0.4, -0.2) is 52.2 Å². The number of likely N-dealkylation sites (tertiary alicyclic amines) is 1. The van der Waals surface area contributed by atoms with E-state index in [1.165, 1.54) is 12.1 Å². The van der Waals surface area contributed by atoms with E-state index in [4.69, 9.17) is 4.74 Å². The predicted molar refractivity (Wildman–Crippen MR) is 152 cm³/mol. The van der Waals surface area contributed by atoms with Crippen LogP contribution in [0, 0.1) is 17.5 Å². The molecular weight excluding hydrogens is 513 g/mol. The molecule has 1 saturated heterocycles. The third kappa shape index (κ3) is 5.55. The average molecular weight is 553 g/mol. The van der Waals surface area contributed by atoms with Crippen LogP contribution in [0.1, 0.15) is 77.3 Å². The van der Waals surface area contributed by atoms with Gasteiger partial charge < -0.3 is 14.5 Å². The van der Waals surface area contributed by atoms with Crippen LogP contribution in [0.15, 0.2) is 36.5 Å². The fourth-order valence-corrected chi connectivity index (χ4v) is 5.96. The van der Waals surface area contributed by atoms with Crippen molar-refractivity contribution in [2.45, 2.75) is 83.9 Å². The molecule has 214 valence electrons. The zero-order chi connectivity index (χ0) is 29.0. The Hall–Kier alpha value is -3.13. The van der Waals surface area contributed by atoms with Crippen LogP contribution < -0.4 is 9.64 Å². The van der Waals surface area contributed by atoms with Gasteiger partial charge in [0.2, 0.25) is 0 Å². The van der Waals surface area contributed by atoms with Gasteiger partial charge in [-0.25, -0.2) is 23.1 Å². The summed E-state index contributed by atoms with van der Waals surface area (Å²) in [6.45, 7) is 13.8. The highest BCUT2D eigenvalue weighted by Crippen LogP contribution is 2.43. The second-order valence-electron chi connectivity index (χ2n) is 12.8. The second kappa shape index (κ2) is 10.4. The van der Waals surface area contributed by atoms with E-state index in [0.29, 0.717) is 29.2 Å². The average Bonchev–Trinajstić information content (AvgIpc) is 2.86. The number of rotatable bonds is 5. The SMILES string of the molecule is CC(C)N1CC(C)(C)Oc2c(F)cc(-c3nc(Cc4ccc(C5CCN(C)C(C)(C)C5)c(F)c4)ncc3F)cc21.